The van der Waals surface area contributed by atoms with E-state index in [0.29, 0.717) is 6.04 Å². The Hall–Kier alpha value is -1.54. The van der Waals surface area contributed by atoms with Gasteiger partial charge >= 0.3 is 0 Å². The predicted octanol–water partition coefficient (Wildman–Crippen LogP) is 2.49. The molecule has 3 rings (SSSR count). The summed E-state index contributed by atoms with van der Waals surface area (Å²) in [5.41, 5.74) is 4.04. The molecule has 1 aliphatic heterocycles. The van der Waals surface area contributed by atoms with Gasteiger partial charge < -0.3 is 9.88 Å². The van der Waals surface area contributed by atoms with E-state index in [1.165, 1.54) is 16.8 Å². The zero-order valence-corrected chi connectivity index (χ0v) is 9.48. The van der Waals surface area contributed by atoms with Gasteiger partial charge in [-0.15, -0.1) is 0 Å². The molecule has 0 saturated carbocycles. The van der Waals surface area contributed by atoms with Crippen LogP contribution in [-0.2, 0) is 6.54 Å². The van der Waals surface area contributed by atoms with Crippen LogP contribution in [0.3, 0.4) is 0 Å². The summed E-state index contributed by atoms with van der Waals surface area (Å²) in [4.78, 5) is 0. The summed E-state index contributed by atoms with van der Waals surface area (Å²) in [6.45, 7) is 4.24. The molecular formula is C14H16N2. The van der Waals surface area contributed by atoms with Crippen molar-refractivity contribution in [2.75, 3.05) is 6.54 Å². The van der Waals surface area contributed by atoms with E-state index < -0.39 is 0 Å². The summed E-state index contributed by atoms with van der Waals surface area (Å²) in [6, 6.07) is 13.5. The molecule has 0 spiro atoms. The van der Waals surface area contributed by atoms with Crippen LogP contribution in [0.4, 0.5) is 0 Å². The number of aryl methyl sites for hydroxylation is 1. The molecule has 2 heteroatoms. The van der Waals surface area contributed by atoms with Crippen LogP contribution in [0.2, 0.25) is 0 Å². The zero-order chi connectivity index (χ0) is 11.0. The third-order valence-electron chi connectivity index (χ3n) is 3.27. The quantitative estimate of drug-likeness (QED) is 0.768. The number of hydrogen-bond donors (Lipinski definition) is 1. The average molecular weight is 212 g/mol. The standard InChI is InChI=1S/C14H16N2/c1-11-4-6-12(7-5-11)14-13-3-2-9-16(13)10-8-15-14/h2-7,9,14-15H,8,10H2,1H3/t14-/m0/s1. The molecular weight excluding hydrogens is 196 g/mol. The second-order valence-corrected chi connectivity index (χ2v) is 4.42. The Morgan fingerprint density at radius 2 is 2.00 bits per heavy atom. The Labute approximate surface area is 95.9 Å². The fraction of sp³-hybridized carbons (Fsp3) is 0.286. The van der Waals surface area contributed by atoms with Crippen molar-refractivity contribution in [3.63, 3.8) is 0 Å². The summed E-state index contributed by atoms with van der Waals surface area (Å²) < 4.78 is 2.33. The van der Waals surface area contributed by atoms with E-state index in [0.717, 1.165) is 13.1 Å². The van der Waals surface area contributed by atoms with Crippen LogP contribution in [0.25, 0.3) is 0 Å². The first-order chi connectivity index (χ1) is 7.84. The van der Waals surface area contributed by atoms with Gasteiger partial charge in [0.25, 0.3) is 0 Å². The number of benzene rings is 1. The molecule has 1 aromatic heterocycles. The summed E-state index contributed by atoms with van der Waals surface area (Å²) in [6.07, 6.45) is 2.16. The van der Waals surface area contributed by atoms with Crippen molar-refractivity contribution >= 4 is 0 Å². The maximum absolute atomic E-state index is 3.58. The van der Waals surface area contributed by atoms with Crippen LogP contribution < -0.4 is 5.32 Å². The molecule has 1 aliphatic rings. The maximum Gasteiger partial charge on any atom is 0.0731 e. The van der Waals surface area contributed by atoms with E-state index in [9.17, 15) is 0 Å². The fourth-order valence-electron chi connectivity index (χ4n) is 2.37. The van der Waals surface area contributed by atoms with E-state index in [2.05, 4.69) is 59.4 Å². The second-order valence-electron chi connectivity index (χ2n) is 4.42. The molecule has 82 valence electrons. The van der Waals surface area contributed by atoms with Crippen molar-refractivity contribution in [3.05, 3.63) is 59.4 Å². The van der Waals surface area contributed by atoms with E-state index in [-0.39, 0.29) is 0 Å². The number of nitrogens with zero attached hydrogens (tertiary/aromatic N) is 1. The van der Waals surface area contributed by atoms with Gasteiger partial charge in [0.15, 0.2) is 0 Å². The lowest BCUT2D eigenvalue weighted by atomic mass is 10.0. The third kappa shape index (κ3) is 1.55. The molecule has 16 heavy (non-hydrogen) atoms. The van der Waals surface area contributed by atoms with Crippen LogP contribution >= 0.6 is 0 Å². The van der Waals surface area contributed by atoms with Crippen molar-refractivity contribution in [1.29, 1.82) is 0 Å². The Bertz CT molecular complexity index is 482. The molecule has 1 atom stereocenters. The van der Waals surface area contributed by atoms with Crippen molar-refractivity contribution in [3.8, 4) is 0 Å². The summed E-state index contributed by atoms with van der Waals surface area (Å²) in [7, 11) is 0. The molecule has 0 amide bonds. The van der Waals surface area contributed by atoms with Crippen LogP contribution in [0.1, 0.15) is 22.9 Å². The fourth-order valence-corrected chi connectivity index (χ4v) is 2.37. The van der Waals surface area contributed by atoms with Crippen LogP contribution in [0.5, 0.6) is 0 Å². The molecule has 2 nitrogen and oxygen atoms in total. The van der Waals surface area contributed by atoms with Gasteiger partial charge in [-0.1, -0.05) is 29.8 Å². The summed E-state index contributed by atoms with van der Waals surface area (Å²) >= 11 is 0. The smallest absolute Gasteiger partial charge is 0.0731 e. The Balaban J connectivity index is 2.00. The van der Waals surface area contributed by atoms with Crippen LogP contribution in [-0.4, -0.2) is 11.1 Å². The summed E-state index contributed by atoms with van der Waals surface area (Å²) in [5, 5.41) is 3.58. The first-order valence-electron chi connectivity index (χ1n) is 5.79. The van der Waals surface area contributed by atoms with E-state index in [1.54, 1.807) is 0 Å². The molecule has 0 unspecified atom stereocenters. The largest absolute Gasteiger partial charge is 0.348 e. The number of hydrogen-bond acceptors (Lipinski definition) is 1. The summed E-state index contributed by atoms with van der Waals surface area (Å²) in [5.74, 6) is 0. The normalized spacial score (nSPS) is 19.4. The minimum absolute atomic E-state index is 0.351. The second kappa shape index (κ2) is 3.80. The van der Waals surface area contributed by atoms with Gasteiger partial charge in [-0.2, -0.15) is 0 Å². The highest BCUT2D eigenvalue weighted by molar-refractivity contribution is 5.31. The first-order valence-corrected chi connectivity index (χ1v) is 5.79. The van der Waals surface area contributed by atoms with Crippen LogP contribution in [0, 0.1) is 6.92 Å². The first kappa shape index (κ1) is 9.67. The molecule has 0 aliphatic carbocycles. The van der Waals surface area contributed by atoms with Crippen molar-refractivity contribution in [2.24, 2.45) is 0 Å². The number of fused-ring (bicyclic) bond motifs is 1. The monoisotopic (exact) mass is 212 g/mol. The molecule has 1 aromatic carbocycles. The highest BCUT2D eigenvalue weighted by atomic mass is 15.1. The Morgan fingerprint density at radius 3 is 2.81 bits per heavy atom. The number of rotatable bonds is 1. The zero-order valence-electron chi connectivity index (χ0n) is 9.48. The third-order valence-corrected chi connectivity index (χ3v) is 3.27. The molecule has 0 fully saturated rings. The van der Waals surface area contributed by atoms with Gasteiger partial charge in [0.1, 0.15) is 0 Å². The SMILES string of the molecule is Cc1ccc([C@@H]2NCCn3cccc32)cc1. The molecule has 0 radical (unpaired) electrons. The van der Waals surface area contributed by atoms with E-state index in [4.69, 9.17) is 0 Å². The Morgan fingerprint density at radius 1 is 1.19 bits per heavy atom. The molecule has 2 heterocycles. The number of aromatic nitrogens is 1. The average Bonchev–Trinajstić information content (AvgIpc) is 2.78. The van der Waals surface area contributed by atoms with Gasteiger partial charge in [0.2, 0.25) is 0 Å². The maximum atomic E-state index is 3.58. The van der Waals surface area contributed by atoms with Gasteiger partial charge in [-0.05, 0) is 24.6 Å². The van der Waals surface area contributed by atoms with Gasteiger partial charge in [-0.25, -0.2) is 0 Å². The molecule has 2 aromatic rings. The number of nitrogens with one attached hydrogen (secondary N) is 1. The molecule has 1 N–H and O–H groups in total. The topological polar surface area (TPSA) is 17.0 Å². The van der Waals surface area contributed by atoms with Crippen molar-refractivity contribution in [1.82, 2.24) is 9.88 Å². The van der Waals surface area contributed by atoms with E-state index >= 15 is 0 Å². The predicted molar refractivity (Wildman–Crippen MR) is 65.5 cm³/mol. The lowest BCUT2D eigenvalue weighted by Gasteiger charge is -2.26. The Kier molecular flexibility index (Phi) is 2.29. The molecule has 0 bridgehead atoms. The van der Waals surface area contributed by atoms with Crippen molar-refractivity contribution < 1.29 is 0 Å². The van der Waals surface area contributed by atoms with Gasteiger partial charge in [-0.3, -0.25) is 0 Å². The van der Waals surface area contributed by atoms with Gasteiger partial charge in [0.05, 0.1) is 6.04 Å². The lowest BCUT2D eigenvalue weighted by molar-refractivity contribution is 0.467. The van der Waals surface area contributed by atoms with Crippen molar-refractivity contribution in [2.45, 2.75) is 19.5 Å². The highest BCUT2D eigenvalue weighted by Crippen LogP contribution is 2.25. The van der Waals surface area contributed by atoms with Gasteiger partial charge in [0, 0.05) is 25.0 Å². The highest BCUT2D eigenvalue weighted by Gasteiger charge is 2.20. The minimum Gasteiger partial charge on any atom is -0.348 e. The van der Waals surface area contributed by atoms with E-state index in [1.807, 2.05) is 0 Å². The minimum atomic E-state index is 0.351. The van der Waals surface area contributed by atoms with Crippen LogP contribution in [0.15, 0.2) is 42.6 Å². The lowest BCUT2D eigenvalue weighted by Crippen LogP contribution is -2.33. The molecule has 0 saturated heterocycles.